The molecule has 0 bridgehead atoms. The van der Waals surface area contributed by atoms with Gasteiger partial charge in [0.05, 0.1) is 16.2 Å². The zero-order valence-electron chi connectivity index (χ0n) is 16.4. The number of hydrazone groups is 1. The number of H-pyrrole nitrogens is 1. The third-order valence-electron chi connectivity index (χ3n) is 6.26. The van der Waals surface area contributed by atoms with Crippen molar-refractivity contribution in [2.75, 3.05) is 0 Å². The summed E-state index contributed by atoms with van der Waals surface area (Å²) in [5.41, 5.74) is 5.54. The van der Waals surface area contributed by atoms with E-state index in [1.54, 1.807) is 6.07 Å². The van der Waals surface area contributed by atoms with E-state index < -0.39 is 0 Å². The Balaban J connectivity index is 1.78. The second-order valence-electron chi connectivity index (χ2n) is 8.00. The van der Waals surface area contributed by atoms with E-state index in [0.717, 1.165) is 57.4 Å². The normalized spacial score (nSPS) is 15.7. The second-order valence-corrected chi connectivity index (χ2v) is 8.00. The Kier molecular flexibility index (Phi) is 4.79. The molecule has 6 nitrogen and oxygen atoms in total. The first-order valence-corrected chi connectivity index (χ1v) is 9.96. The highest BCUT2D eigenvalue weighted by atomic mass is 16.6. The maximum Gasteiger partial charge on any atom is 0.273 e. The average Bonchev–Trinajstić information content (AvgIpc) is 3.32. The number of nitrogens with zero attached hydrogens (tertiary/aromatic N) is 2. The van der Waals surface area contributed by atoms with Crippen molar-refractivity contribution in [3.05, 3.63) is 51.1 Å². The SMILES string of the molecule is Cc1cc([N+](=O)[O-])c(C)c2c1[nH]c1ccc(/C(CCC3CCCC3)=N\N)cc12. The van der Waals surface area contributed by atoms with Crippen LogP contribution in [-0.4, -0.2) is 15.6 Å². The fourth-order valence-electron chi connectivity index (χ4n) is 4.68. The van der Waals surface area contributed by atoms with Crippen LogP contribution in [0.25, 0.3) is 21.8 Å². The average molecular weight is 378 g/mol. The van der Waals surface area contributed by atoms with Crippen molar-refractivity contribution in [1.29, 1.82) is 0 Å². The van der Waals surface area contributed by atoms with Gasteiger partial charge in [-0.25, -0.2) is 0 Å². The molecule has 1 aliphatic carbocycles. The molecule has 1 saturated carbocycles. The van der Waals surface area contributed by atoms with Crippen LogP contribution in [0.1, 0.15) is 55.2 Å². The van der Waals surface area contributed by atoms with Crippen molar-refractivity contribution < 1.29 is 4.92 Å². The van der Waals surface area contributed by atoms with Crippen molar-refractivity contribution in [3.63, 3.8) is 0 Å². The van der Waals surface area contributed by atoms with Gasteiger partial charge in [-0.15, -0.1) is 0 Å². The maximum atomic E-state index is 11.5. The third kappa shape index (κ3) is 3.13. The Morgan fingerprint density at radius 1 is 1.29 bits per heavy atom. The molecule has 0 aliphatic heterocycles. The van der Waals surface area contributed by atoms with Gasteiger partial charge in [0.15, 0.2) is 0 Å². The van der Waals surface area contributed by atoms with Crippen LogP contribution in [0.2, 0.25) is 0 Å². The second kappa shape index (κ2) is 7.26. The topological polar surface area (TPSA) is 97.3 Å². The van der Waals surface area contributed by atoms with Crippen LogP contribution in [0.3, 0.4) is 0 Å². The van der Waals surface area contributed by atoms with Gasteiger partial charge in [0.25, 0.3) is 5.69 Å². The van der Waals surface area contributed by atoms with Gasteiger partial charge in [-0.3, -0.25) is 10.1 Å². The minimum absolute atomic E-state index is 0.158. The quantitative estimate of drug-likeness (QED) is 0.266. The van der Waals surface area contributed by atoms with E-state index in [0.29, 0.717) is 5.56 Å². The van der Waals surface area contributed by atoms with Gasteiger partial charge in [0.2, 0.25) is 0 Å². The molecule has 0 amide bonds. The maximum absolute atomic E-state index is 11.5. The number of nitrogens with two attached hydrogens (primary N) is 1. The Morgan fingerprint density at radius 3 is 2.71 bits per heavy atom. The molecule has 0 unspecified atom stereocenters. The number of benzene rings is 2. The minimum atomic E-state index is -0.307. The summed E-state index contributed by atoms with van der Waals surface area (Å²) in [6, 6.07) is 7.78. The number of nitro groups is 1. The molecular weight excluding hydrogens is 352 g/mol. The Hall–Kier alpha value is -2.89. The van der Waals surface area contributed by atoms with Gasteiger partial charge in [-0.1, -0.05) is 31.7 Å². The number of nitrogens with one attached hydrogen (secondary N) is 1. The molecule has 1 fully saturated rings. The fourth-order valence-corrected chi connectivity index (χ4v) is 4.68. The predicted octanol–water partition coefficient (Wildman–Crippen LogP) is 5.48. The summed E-state index contributed by atoms with van der Waals surface area (Å²) >= 11 is 0. The molecule has 1 aromatic heterocycles. The molecule has 2 aromatic carbocycles. The van der Waals surface area contributed by atoms with Crippen LogP contribution in [0.15, 0.2) is 29.4 Å². The van der Waals surface area contributed by atoms with E-state index in [4.69, 9.17) is 5.84 Å². The molecule has 0 spiro atoms. The van der Waals surface area contributed by atoms with Crippen molar-refractivity contribution >= 4 is 33.2 Å². The van der Waals surface area contributed by atoms with Crippen molar-refractivity contribution in [3.8, 4) is 0 Å². The molecule has 0 radical (unpaired) electrons. The predicted molar refractivity (Wildman–Crippen MR) is 114 cm³/mol. The van der Waals surface area contributed by atoms with E-state index >= 15 is 0 Å². The lowest BCUT2D eigenvalue weighted by molar-refractivity contribution is -0.385. The smallest absolute Gasteiger partial charge is 0.273 e. The number of aryl methyl sites for hydroxylation is 2. The summed E-state index contributed by atoms with van der Waals surface area (Å²) in [7, 11) is 0. The Labute approximate surface area is 164 Å². The zero-order valence-corrected chi connectivity index (χ0v) is 16.4. The Morgan fingerprint density at radius 2 is 2.04 bits per heavy atom. The van der Waals surface area contributed by atoms with E-state index in [2.05, 4.69) is 16.2 Å². The number of nitro benzene ring substituents is 1. The largest absolute Gasteiger partial charge is 0.354 e. The van der Waals surface area contributed by atoms with Crippen LogP contribution < -0.4 is 5.84 Å². The number of aromatic nitrogens is 1. The number of hydrogen-bond donors (Lipinski definition) is 2. The summed E-state index contributed by atoms with van der Waals surface area (Å²) in [4.78, 5) is 14.6. The van der Waals surface area contributed by atoms with Gasteiger partial charge in [0.1, 0.15) is 0 Å². The highest BCUT2D eigenvalue weighted by Gasteiger charge is 2.20. The van der Waals surface area contributed by atoms with Crippen LogP contribution >= 0.6 is 0 Å². The van der Waals surface area contributed by atoms with Gasteiger partial charge >= 0.3 is 0 Å². The van der Waals surface area contributed by atoms with Crippen LogP contribution in [0, 0.1) is 29.9 Å². The fraction of sp³-hybridized carbons (Fsp3) is 0.409. The number of hydrogen-bond acceptors (Lipinski definition) is 4. The monoisotopic (exact) mass is 378 g/mol. The molecule has 3 aromatic rings. The van der Waals surface area contributed by atoms with E-state index in [1.165, 1.54) is 25.7 Å². The van der Waals surface area contributed by atoms with Gasteiger partial charge in [0, 0.05) is 27.9 Å². The summed E-state index contributed by atoms with van der Waals surface area (Å²) < 4.78 is 0. The van der Waals surface area contributed by atoms with E-state index in [-0.39, 0.29) is 10.6 Å². The Bertz CT molecular complexity index is 1090. The standard InChI is InChI=1S/C22H26N4O2/c1-13-11-20(26(27)28)14(2)21-17-12-16(8-10-19(17)24-22(13)21)18(25-23)9-7-15-5-3-4-6-15/h8,10-12,15,24H,3-7,9,23H2,1-2H3/b25-18-. The molecule has 0 saturated heterocycles. The third-order valence-corrected chi connectivity index (χ3v) is 6.26. The summed E-state index contributed by atoms with van der Waals surface area (Å²) in [5, 5.41) is 17.4. The molecule has 6 heteroatoms. The van der Waals surface area contributed by atoms with Crippen LogP contribution in [0.4, 0.5) is 5.69 Å². The molecular formula is C22H26N4O2. The number of fused-ring (bicyclic) bond motifs is 3. The lowest BCUT2D eigenvalue weighted by Gasteiger charge is -2.10. The first kappa shape index (κ1) is 18.5. The van der Waals surface area contributed by atoms with Gasteiger partial charge in [-0.2, -0.15) is 5.10 Å². The first-order valence-electron chi connectivity index (χ1n) is 9.96. The molecule has 0 atom stereocenters. The molecule has 146 valence electrons. The van der Waals surface area contributed by atoms with Gasteiger partial charge in [-0.05, 0) is 55.9 Å². The molecule has 28 heavy (non-hydrogen) atoms. The van der Waals surface area contributed by atoms with Crippen molar-refractivity contribution in [1.82, 2.24) is 4.98 Å². The van der Waals surface area contributed by atoms with Crippen LogP contribution in [-0.2, 0) is 0 Å². The minimum Gasteiger partial charge on any atom is -0.354 e. The number of rotatable bonds is 5. The molecule has 3 N–H and O–H groups in total. The van der Waals surface area contributed by atoms with E-state index in [1.807, 2.05) is 26.0 Å². The van der Waals surface area contributed by atoms with Gasteiger partial charge < -0.3 is 10.8 Å². The summed E-state index contributed by atoms with van der Waals surface area (Å²) in [6.45, 7) is 3.72. The first-order chi connectivity index (χ1) is 13.5. The number of aromatic amines is 1. The van der Waals surface area contributed by atoms with Crippen molar-refractivity contribution in [2.45, 2.75) is 52.4 Å². The summed E-state index contributed by atoms with van der Waals surface area (Å²) in [5.74, 6) is 6.51. The lowest BCUT2D eigenvalue weighted by Crippen LogP contribution is -2.07. The zero-order chi connectivity index (χ0) is 19.8. The molecule has 1 aliphatic rings. The highest BCUT2D eigenvalue weighted by Crippen LogP contribution is 2.36. The van der Waals surface area contributed by atoms with Crippen LogP contribution in [0.5, 0.6) is 0 Å². The van der Waals surface area contributed by atoms with E-state index in [9.17, 15) is 10.1 Å². The summed E-state index contributed by atoms with van der Waals surface area (Å²) in [6.07, 6.45) is 7.26. The lowest BCUT2D eigenvalue weighted by atomic mass is 9.95. The highest BCUT2D eigenvalue weighted by molar-refractivity contribution is 6.13. The van der Waals surface area contributed by atoms with Crippen molar-refractivity contribution in [2.24, 2.45) is 16.9 Å². The molecule has 4 rings (SSSR count). The molecule has 1 heterocycles.